The highest BCUT2D eigenvalue weighted by atomic mass is 16.5. The van der Waals surface area contributed by atoms with Crippen molar-refractivity contribution in [1.82, 2.24) is 24.6 Å². The summed E-state index contributed by atoms with van der Waals surface area (Å²) >= 11 is 0. The lowest BCUT2D eigenvalue weighted by atomic mass is 9.86. The second kappa shape index (κ2) is 14.6. The number of benzene rings is 3. The molecular weight excluding hydrogens is 616 g/mol. The van der Waals surface area contributed by atoms with Crippen LogP contribution in [0.1, 0.15) is 24.5 Å². The lowest BCUT2D eigenvalue weighted by molar-refractivity contribution is 0.0836. The Morgan fingerprint density at radius 3 is 2.20 bits per heavy atom. The predicted octanol–water partition coefficient (Wildman–Crippen LogP) is 6.55. The third-order valence-electron chi connectivity index (χ3n) is 9.94. The molecule has 49 heavy (non-hydrogen) atoms. The third-order valence-corrected chi connectivity index (χ3v) is 9.94. The zero-order chi connectivity index (χ0) is 33.7. The second-order valence-electron chi connectivity index (χ2n) is 13.2. The molecule has 2 fully saturated rings. The molecule has 0 unspecified atom stereocenters. The highest BCUT2D eigenvalue weighted by Crippen LogP contribution is 2.38. The zero-order valence-corrected chi connectivity index (χ0v) is 28.2. The molecule has 5 aromatic rings. The summed E-state index contributed by atoms with van der Waals surface area (Å²) in [6.45, 7) is 9.04. The van der Waals surface area contributed by atoms with E-state index in [0.29, 0.717) is 49.9 Å². The van der Waals surface area contributed by atoms with Crippen LogP contribution in [-0.4, -0.2) is 81.6 Å². The molecular formula is C39H44N6O4. The normalized spacial score (nSPS) is 18.5. The van der Waals surface area contributed by atoms with Gasteiger partial charge in [-0.3, -0.25) is 9.58 Å². The Labute approximate surface area is 287 Å². The summed E-state index contributed by atoms with van der Waals surface area (Å²) in [6, 6.07) is 30.5. The predicted molar refractivity (Wildman–Crippen MR) is 191 cm³/mol. The molecule has 1 N–H and O–H groups in total. The molecule has 1 amide bonds. The molecule has 2 aliphatic heterocycles. The maximum absolute atomic E-state index is 11.4. The number of aryl methyl sites for hydroxylation is 1. The smallest absolute Gasteiger partial charge is 0.407 e. The van der Waals surface area contributed by atoms with Crippen LogP contribution in [0, 0.1) is 11.8 Å². The number of rotatable bonds is 10. The Morgan fingerprint density at radius 1 is 0.837 bits per heavy atom. The van der Waals surface area contributed by atoms with Gasteiger partial charge >= 0.3 is 6.09 Å². The Kier molecular flexibility index (Phi) is 9.65. The van der Waals surface area contributed by atoms with Crippen LogP contribution in [0.4, 0.5) is 10.5 Å². The van der Waals surface area contributed by atoms with Crippen molar-refractivity contribution in [3.05, 3.63) is 102 Å². The van der Waals surface area contributed by atoms with Crippen LogP contribution < -0.4 is 14.4 Å². The summed E-state index contributed by atoms with van der Waals surface area (Å²) in [6.07, 6.45) is 0.125. The van der Waals surface area contributed by atoms with Crippen molar-refractivity contribution in [2.45, 2.75) is 26.6 Å². The largest absolute Gasteiger partial charge is 0.473 e. The fourth-order valence-corrected chi connectivity index (χ4v) is 7.16. The van der Waals surface area contributed by atoms with E-state index in [2.05, 4.69) is 34.9 Å². The SMILES string of the molecule is C[C@H]1CN(C(=O)O)CC[C@@H]1CN1CCN(c2cccc3c(-c4ccc(OCc5ccccc5)nc4OCc4ccccc4)nn(C)c23)CC1. The summed E-state index contributed by atoms with van der Waals surface area (Å²) in [4.78, 5) is 22.9. The van der Waals surface area contributed by atoms with E-state index in [4.69, 9.17) is 19.6 Å². The average molecular weight is 661 g/mol. The van der Waals surface area contributed by atoms with Crippen LogP contribution in [0.3, 0.4) is 0 Å². The van der Waals surface area contributed by atoms with Gasteiger partial charge in [0.25, 0.3) is 0 Å². The number of nitrogens with zero attached hydrogens (tertiary/aromatic N) is 6. The first-order valence-electron chi connectivity index (χ1n) is 17.2. The number of amides is 1. The maximum Gasteiger partial charge on any atom is 0.407 e. The molecule has 0 aliphatic carbocycles. The van der Waals surface area contributed by atoms with Gasteiger partial charge in [-0.25, -0.2) is 4.79 Å². The number of fused-ring (bicyclic) bond motifs is 1. The van der Waals surface area contributed by atoms with Crippen molar-refractivity contribution in [2.24, 2.45) is 18.9 Å². The molecule has 2 saturated heterocycles. The molecule has 7 rings (SSSR count). The van der Waals surface area contributed by atoms with Crippen LogP contribution in [0.15, 0.2) is 91.0 Å². The van der Waals surface area contributed by atoms with E-state index in [-0.39, 0.29) is 0 Å². The molecule has 0 saturated carbocycles. The molecule has 10 heteroatoms. The highest BCUT2D eigenvalue weighted by molar-refractivity contribution is 6.01. The Morgan fingerprint density at radius 2 is 1.53 bits per heavy atom. The first-order valence-corrected chi connectivity index (χ1v) is 17.2. The number of pyridine rings is 1. The lowest BCUT2D eigenvalue weighted by Gasteiger charge is -2.41. The van der Waals surface area contributed by atoms with Gasteiger partial charge in [-0.05, 0) is 41.5 Å². The number of ether oxygens (including phenoxy) is 2. The first kappa shape index (κ1) is 32.5. The minimum atomic E-state index is -0.802. The molecule has 254 valence electrons. The van der Waals surface area contributed by atoms with E-state index in [1.54, 1.807) is 4.90 Å². The number of piperidine rings is 1. The van der Waals surface area contributed by atoms with Crippen LogP contribution in [0.2, 0.25) is 0 Å². The summed E-state index contributed by atoms with van der Waals surface area (Å²) in [5, 5.41) is 15.5. The van der Waals surface area contributed by atoms with Gasteiger partial charge in [0.2, 0.25) is 11.8 Å². The van der Waals surface area contributed by atoms with Crippen molar-refractivity contribution in [1.29, 1.82) is 0 Å². The van der Waals surface area contributed by atoms with Gasteiger partial charge in [0.05, 0.1) is 16.8 Å². The van der Waals surface area contributed by atoms with Gasteiger partial charge in [0.15, 0.2) is 0 Å². The number of anilines is 1. The van der Waals surface area contributed by atoms with E-state index >= 15 is 0 Å². The Bertz CT molecular complexity index is 1870. The van der Waals surface area contributed by atoms with Crippen molar-refractivity contribution < 1.29 is 19.4 Å². The fraction of sp³-hybridized carbons (Fsp3) is 0.359. The van der Waals surface area contributed by atoms with Crippen LogP contribution in [0.25, 0.3) is 22.2 Å². The monoisotopic (exact) mass is 660 g/mol. The number of hydrogen-bond acceptors (Lipinski definition) is 7. The van der Waals surface area contributed by atoms with E-state index < -0.39 is 6.09 Å². The summed E-state index contributed by atoms with van der Waals surface area (Å²) < 4.78 is 14.5. The van der Waals surface area contributed by atoms with Crippen LogP contribution >= 0.6 is 0 Å². The van der Waals surface area contributed by atoms with E-state index in [0.717, 1.165) is 72.4 Å². The molecule has 2 atom stereocenters. The second-order valence-corrected chi connectivity index (χ2v) is 13.2. The number of para-hydroxylation sites is 1. The number of hydrogen-bond donors (Lipinski definition) is 1. The standard InChI is InChI=1S/C39H44N6O4/c1-28-24-45(39(46)47)19-18-31(28)25-43-20-22-44(23-21-43)34-15-9-14-32-36(41-42(2)37(32)34)33-16-17-35(48-26-29-10-5-3-6-11-29)40-38(33)49-27-30-12-7-4-8-13-30/h3-17,28,31H,18-27H2,1-2H3,(H,46,47)/t28-,31+/m0/s1. The lowest BCUT2D eigenvalue weighted by Crippen LogP contribution is -2.51. The Balaban J connectivity index is 1.10. The minimum Gasteiger partial charge on any atom is -0.473 e. The molecule has 2 aliphatic rings. The van der Waals surface area contributed by atoms with Gasteiger partial charge in [-0.15, -0.1) is 0 Å². The van der Waals surface area contributed by atoms with E-state index in [1.165, 1.54) is 5.69 Å². The van der Waals surface area contributed by atoms with Crippen LogP contribution in [-0.2, 0) is 20.3 Å². The molecule has 2 aromatic heterocycles. The maximum atomic E-state index is 11.4. The number of likely N-dealkylation sites (tertiary alicyclic amines) is 1. The van der Waals surface area contributed by atoms with Crippen molar-refractivity contribution in [2.75, 3.05) is 50.7 Å². The van der Waals surface area contributed by atoms with Gasteiger partial charge in [0.1, 0.15) is 18.9 Å². The summed E-state index contributed by atoms with van der Waals surface area (Å²) in [5.41, 5.74) is 6.02. The number of piperazine rings is 1. The minimum absolute atomic E-state index is 0.366. The van der Waals surface area contributed by atoms with Gasteiger partial charge in [-0.1, -0.05) is 79.7 Å². The molecule has 4 heterocycles. The summed E-state index contributed by atoms with van der Waals surface area (Å²) in [7, 11) is 2.01. The third kappa shape index (κ3) is 7.34. The van der Waals surface area contributed by atoms with Crippen LogP contribution in [0.5, 0.6) is 11.8 Å². The zero-order valence-electron chi connectivity index (χ0n) is 28.2. The average Bonchev–Trinajstić information content (AvgIpc) is 3.48. The summed E-state index contributed by atoms with van der Waals surface area (Å²) in [5.74, 6) is 1.87. The van der Waals surface area contributed by atoms with Gasteiger partial charge in [-0.2, -0.15) is 10.1 Å². The molecule has 10 nitrogen and oxygen atoms in total. The molecule has 0 spiro atoms. The van der Waals surface area contributed by atoms with E-state index in [9.17, 15) is 9.90 Å². The van der Waals surface area contributed by atoms with Crippen molar-refractivity contribution in [3.8, 4) is 23.0 Å². The quantitative estimate of drug-likeness (QED) is 0.180. The van der Waals surface area contributed by atoms with Gasteiger partial charge < -0.3 is 24.4 Å². The van der Waals surface area contributed by atoms with Gasteiger partial charge in [0, 0.05) is 64.3 Å². The Hall–Kier alpha value is -5.09. The number of carboxylic acid groups (broad SMARTS) is 1. The fourth-order valence-electron chi connectivity index (χ4n) is 7.16. The topological polar surface area (TPSA) is 96.2 Å². The molecule has 0 bridgehead atoms. The first-order chi connectivity index (χ1) is 23.9. The highest BCUT2D eigenvalue weighted by Gasteiger charge is 2.31. The number of carbonyl (C=O) groups is 1. The number of aromatic nitrogens is 3. The van der Waals surface area contributed by atoms with Crippen molar-refractivity contribution >= 4 is 22.7 Å². The molecule has 0 radical (unpaired) electrons. The van der Waals surface area contributed by atoms with E-state index in [1.807, 2.05) is 84.5 Å². The van der Waals surface area contributed by atoms with Crippen molar-refractivity contribution in [3.63, 3.8) is 0 Å². The molecule has 3 aromatic carbocycles.